The second-order valence-corrected chi connectivity index (χ2v) is 9.43. The van der Waals surface area contributed by atoms with E-state index in [0.29, 0.717) is 11.3 Å². The zero-order valence-corrected chi connectivity index (χ0v) is 19.2. The minimum absolute atomic E-state index is 0.00759. The van der Waals surface area contributed by atoms with Crippen LogP contribution in [0, 0.1) is 18.3 Å². The van der Waals surface area contributed by atoms with Crippen LogP contribution in [0.2, 0.25) is 0 Å². The van der Waals surface area contributed by atoms with Crippen molar-refractivity contribution >= 4 is 26.7 Å². The zero-order valence-electron chi connectivity index (χ0n) is 17.6. The molecule has 0 spiro atoms. The number of nitrogens with one attached hydrogen (secondary N) is 1. The van der Waals surface area contributed by atoms with Gasteiger partial charge in [-0.15, -0.1) is 0 Å². The van der Waals surface area contributed by atoms with Crippen molar-refractivity contribution in [1.82, 2.24) is 19.6 Å². The number of hydrogen-bond acceptors (Lipinski definition) is 9. The predicted molar refractivity (Wildman–Crippen MR) is 119 cm³/mol. The number of sulfonamides is 1. The van der Waals surface area contributed by atoms with E-state index in [1.54, 1.807) is 6.92 Å². The third-order valence-corrected chi connectivity index (χ3v) is 6.73. The highest BCUT2D eigenvalue weighted by atomic mass is 32.2. The first-order chi connectivity index (χ1) is 16.6. The SMILES string of the molecule is Cc1nnccc1-c1cc(C(F)(F)F)ccc1Oc1ccc(S(=O)(=O)Nc2ncns2)cc1C#N. The molecule has 0 aliphatic heterocycles. The quantitative estimate of drug-likeness (QED) is 0.386. The maximum Gasteiger partial charge on any atom is 0.416 e. The molecule has 0 amide bonds. The highest BCUT2D eigenvalue weighted by Gasteiger charge is 2.32. The van der Waals surface area contributed by atoms with Crippen LogP contribution in [-0.2, 0) is 16.2 Å². The van der Waals surface area contributed by atoms with E-state index < -0.39 is 21.8 Å². The summed E-state index contributed by atoms with van der Waals surface area (Å²) in [4.78, 5) is 3.51. The lowest BCUT2D eigenvalue weighted by atomic mass is 10.0. The smallest absolute Gasteiger partial charge is 0.416 e. The van der Waals surface area contributed by atoms with Crippen LogP contribution in [0.25, 0.3) is 11.1 Å². The Hall–Kier alpha value is -4.09. The molecule has 0 saturated carbocycles. The molecule has 0 atom stereocenters. The number of alkyl halides is 3. The molecule has 0 fully saturated rings. The summed E-state index contributed by atoms with van der Waals surface area (Å²) in [5, 5.41) is 17.2. The third kappa shape index (κ3) is 5.20. The first-order valence-corrected chi connectivity index (χ1v) is 11.9. The lowest BCUT2D eigenvalue weighted by Crippen LogP contribution is -2.13. The number of hydrogen-bond donors (Lipinski definition) is 1. The Morgan fingerprint density at radius 2 is 1.86 bits per heavy atom. The van der Waals surface area contributed by atoms with E-state index in [0.717, 1.165) is 35.8 Å². The normalized spacial score (nSPS) is 11.6. The van der Waals surface area contributed by atoms with E-state index in [9.17, 15) is 26.9 Å². The lowest BCUT2D eigenvalue weighted by Gasteiger charge is -2.16. The van der Waals surface area contributed by atoms with Gasteiger partial charge in [0.25, 0.3) is 10.0 Å². The molecule has 0 unspecified atom stereocenters. The fourth-order valence-electron chi connectivity index (χ4n) is 3.06. The third-order valence-electron chi connectivity index (χ3n) is 4.69. The number of ether oxygens (including phenoxy) is 1. The Bertz CT molecular complexity index is 1530. The standard InChI is InChI=1S/C21H13F3N6O3S2/c1-12-16(6-7-27-29-12)17-9-14(21(22,23)24)2-4-19(17)33-18-5-3-15(8-13(18)10-25)35(31,32)30-20-26-11-28-34-20/h2-9,11H,1H3,(H,26,28,30). The molecule has 0 aliphatic carbocycles. The van der Waals surface area contributed by atoms with E-state index in [1.807, 2.05) is 6.07 Å². The van der Waals surface area contributed by atoms with Crippen LogP contribution in [0.1, 0.15) is 16.8 Å². The van der Waals surface area contributed by atoms with Gasteiger partial charge in [0.05, 0.1) is 27.9 Å². The van der Waals surface area contributed by atoms with Crippen molar-refractivity contribution in [1.29, 1.82) is 5.26 Å². The molecule has 14 heteroatoms. The molecular formula is C21H13F3N6O3S2. The monoisotopic (exact) mass is 518 g/mol. The second kappa shape index (κ2) is 9.28. The molecule has 0 saturated heterocycles. The number of benzene rings is 2. The summed E-state index contributed by atoms with van der Waals surface area (Å²) in [7, 11) is -4.07. The number of aryl methyl sites for hydroxylation is 1. The largest absolute Gasteiger partial charge is 0.455 e. The minimum atomic E-state index is -4.60. The van der Waals surface area contributed by atoms with Crippen molar-refractivity contribution in [3.05, 3.63) is 71.8 Å². The van der Waals surface area contributed by atoms with Gasteiger partial charge in [0.15, 0.2) is 0 Å². The van der Waals surface area contributed by atoms with E-state index in [-0.39, 0.29) is 32.7 Å². The summed E-state index contributed by atoms with van der Waals surface area (Å²) in [6.45, 7) is 1.58. The van der Waals surface area contributed by atoms with E-state index in [1.165, 1.54) is 30.7 Å². The van der Waals surface area contributed by atoms with Gasteiger partial charge in [-0.2, -0.15) is 33.0 Å². The Morgan fingerprint density at radius 1 is 1.09 bits per heavy atom. The highest BCUT2D eigenvalue weighted by molar-refractivity contribution is 7.93. The maximum atomic E-state index is 13.4. The van der Waals surface area contributed by atoms with Gasteiger partial charge < -0.3 is 4.74 Å². The molecule has 2 aromatic heterocycles. The lowest BCUT2D eigenvalue weighted by molar-refractivity contribution is -0.137. The predicted octanol–water partition coefficient (Wildman–Crippen LogP) is 4.79. The molecule has 178 valence electrons. The number of anilines is 1. The molecule has 9 nitrogen and oxygen atoms in total. The number of nitriles is 1. The van der Waals surface area contributed by atoms with Crippen molar-refractivity contribution in [3.63, 3.8) is 0 Å². The van der Waals surface area contributed by atoms with Crippen LogP contribution in [0.3, 0.4) is 0 Å². The molecule has 35 heavy (non-hydrogen) atoms. The number of halogens is 3. The molecule has 1 N–H and O–H groups in total. The van der Waals surface area contributed by atoms with E-state index >= 15 is 0 Å². The summed E-state index contributed by atoms with van der Waals surface area (Å²) in [6.07, 6.45) is -2.09. The van der Waals surface area contributed by atoms with Gasteiger partial charge in [-0.05, 0) is 49.4 Å². The van der Waals surface area contributed by atoms with Crippen LogP contribution in [-0.4, -0.2) is 28.0 Å². The molecule has 4 rings (SSSR count). The van der Waals surface area contributed by atoms with Crippen molar-refractivity contribution in [2.45, 2.75) is 18.0 Å². The topological polar surface area (TPSA) is 131 Å². The summed E-state index contributed by atoms with van der Waals surface area (Å²) >= 11 is 0.832. The van der Waals surface area contributed by atoms with Gasteiger partial charge in [-0.1, -0.05) is 0 Å². The van der Waals surface area contributed by atoms with E-state index in [4.69, 9.17) is 4.74 Å². The Kier molecular flexibility index (Phi) is 6.37. The second-order valence-electron chi connectivity index (χ2n) is 6.96. The van der Waals surface area contributed by atoms with Crippen molar-refractivity contribution < 1.29 is 26.3 Å². The molecule has 0 radical (unpaired) electrons. The van der Waals surface area contributed by atoms with Gasteiger partial charge in [0.1, 0.15) is 23.9 Å². The summed E-state index contributed by atoms with van der Waals surface area (Å²) in [5.41, 5.74) is -0.270. The Balaban J connectivity index is 1.75. The fraction of sp³-hybridized carbons (Fsp3) is 0.0952. The van der Waals surface area contributed by atoms with Gasteiger partial charge >= 0.3 is 6.18 Å². The summed E-state index contributed by atoms with van der Waals surface area (Å²) < 4.78 is 77.1. The highest BCUT2D eigenvalue weighted by Crippen LogP contribution is 2.40. The number of aromatic nitrogens is 4. The van der Waals surface area contributed by atoms with Crippen molar-refractivity contribution in [3.8, 4) is 28.7 Å². The van der Waals surface area contributed by atoms with Gasteiger partial charge in [-0.25, -0.2) is 13.4 Å². The first-order valence-electron chi connectivity index (χ1n) is 9.60. The first kappa shape index (κ1) is 24.0. The van der Waals surface area contributed by atoms with E-state index in [2.05, 4.69) is 24.3 Å². The van der Waals surface area contributed by atoms with Gasteiger partial charge in [-0.3, -0.25) is 4.72 Å². The maximum absolute atomic E-state index is 13.4. The zero-order chi connectivity index (χ0) is 25.2. The minimum Gasteiger partial charge on any atom is -0.455 e. The molecular weight excluding hydrogens is 505 g/mol. The average Bonchev–Trinajstić information content (AvgIpc) is 3.31. The molecule has 4 aromatic rings. The van der Waals surface area contributed by atoms with Gasteiger partial charge in [0, 0.05) is 22.7 Å². The van der Waals surface area contributed by atoms with Crippen molar-refractivity contribution in [2.24, 2.45) is 0 Å². The molecule has 0 bridgehead atoms. The van der Waals surface area contributed by atoms with Gasteiger partial charge in [0.2, 0.25) is 5.13 Å². The Labute approximate surface area is 201 Å². The van der Waals surface area contributed by atoms with Crippen LogP contribution in [0.4, 0.5) is 18.3 Å². The number of nitrogens with zero attached hydrogens (tertiary/aromatic N) is 5. The van der Waals surface area contributed by atoms with Crippen LogP contribution < -0.4 is 9.46 Å². The molecule has 2 aromatic carbocycles. The molecule has 2 heterocycles. The fourth-order valence-corrected chi connectivity index (χ4v) is 4.74. The average molecular weight is 519 g/mol. The summed E-state index contributed by atoms with van der Waals surface area (Å²) in [5.74, 6) is -0.0452. The molecule has 0 aliphatic rings. The number of rotatable bonds is 6. The Morgan fingerprint density at radius 3 is 2.51 bits per heavy atom. The van der Waals surface area contributed by atoms with Crippen LogP contribution in [0.5, 0.6) is 11.5 Å². The summed E-state index contributed by atoms with van der Waals surface area (Å²) in [6, 6.07) is 9.75. The van der Waals surface area contributed by atoms with Crippen molar-refractivity contribution in [2.75, 3.05) is 4.72 Å². The van der Waals surface area contributed by atoms with Crippen LogP contribution in [0.15, 0.2) is 59.9 Å². The van der Waals surface area contributed by atoms with Crippen LogP contribution >= 0.6 is 11.5 Å².